The van der Waals surface area contributed by atoms with Gasteiger partial charge in [-0.05, 0) is 26.7 Å². The van der Waals surface area contributed by atoms with E-state index < -0.39 is 34.0 Å². The van der Waals surface area contributed by atoms with E-state index in [9.17, 15) is 18.0 Å². The summed E-state index contributed by atoms with van der Waals surface area (Å²) in [5.74, 6) is -0.559. The summed E-state index contributed by atoms with van der Waals surface area (Å²) < 4.78 is 34.3. The molecule has 0 aliphatic carbocycles. The van der Waals surface area contributed by atoms with Gasteiger partial charge in [0.1, 0.15) is 11.8 Å². The summed E-state index contributed by atoms with van der Waals surface area (Å²) in [5.41, 5.74) is 0. The monoisotopic (exact) mass is 345 g/mol. The molecule has 9 nitrogen and oxygen atoms in total. The Bertz CT molecular complexity index is 698. The molecule has 1 aromatic heterocycles. The van der Waals surface area contributed by atoms with Gasteiger partial charge in [-0.1, -0.05) is 5.16 Å². The molecule has 0 radical (unpaired) electrons. The Morgan fingerprint density at radius 3 is 2.78 bits per heavy atom. The van der Waals surface area contributed by atoms with Crippen molar-refractivity contribution in [2.45, 2.75) is 38.8 Å². The van der Waals surface area contributed by atoms with Gasteiger partial charge in [0.25, 0.3) is 5.91 Å². The maximum absolute atomic E-state index is 12.1. The van der Waals surface area contributed by atoms with Crippen LogP contribution in [0.3, 0.4) is 0 Å². The van der Waals surface area contributed by atoms with Gasteiger partial charge in [0.15, 0.2) is 11.9 Å². The number of carbonyl (C=O) groups excluding carboxylic acids is 2. The number of aromatic nitrogens is 1. The normalized spacial score (nSPS) is 20.2. The number of hydrogen-bond acceptors (Lipinski definition) is 7. The number of carbonyl (C=O) groups is 2. The first-order valence-corrected chi connectivity index (χ1v) is 8.95. The summed E-state index contributed by atoms with van der Waals surface area (Å²) in [6.45, 7) is 3.35. The lowest BCUT2D eigenvalue weighted by molar-refractivity contribution is -0.156. The topological polar surface area (TPSA) is 119 Å². The van der Waals surface area contributed by atoms with E-state index >= 15 is 0 Å². The fraction of sp³-hybridized carbons (Fsp3) is 0.615. The first-order valence-electron chi connectivity index (χ1n) is 7.10. The lowest BCUT2D eigenvalue weighted by Crippen LogP contribution is -2.43. The minimum atomic E-state index is -3.49. The smallest absolute Gasteiger partial charge is 0.325 e. The highest BCUT2D eigenvalue weighted by Crippen LogP contribution is 2.22. The average molecular weight is 345 g/mol. The van der Waals surface area contributed by atoms with Crippen molar-refractivity contribution in [2.24, 2.45) is 0 Å². The van der Waals surface area contributed by atoms with Crippen LogP contribution in [-0.4, -0.2) is 54.7 Å². The van der Waals surface area contributed by atoms with E-state index in [0.29, 0.717) is 18.6 Å². The zero-order valence-electron chi connectivity index (χ0n) is 13.1. The average Bonchev–Trinajstić information content (AvgIpc) is 3.06. The first kappa shape index (κ1) is 17.4. The molecule has 1 amide bonds. The summed E-state index contributed by atoms with van der Waals surface area (Å²) in [6, 6.07) is 0.643. The Balaban J connectivity index is 1.95. The van der Waals surface area contributed by atoms with Crippen LogP contribution in [0, 0.1) is 6.92 Å². The zero-order chi connectivity index (χ0) is 17.2. The van der Waals surface area contributed by atoms with E-state index in [1.165, 1.54) is 13.0 Å². The number of nitrogens with one attached hydrogen (secondary N) is 1. The molecule has 0 aromatic carbocycles. The van der Waals surface area contributed by atoms with Crippen LogP contribution in [0.15, 0.2) is 10.6 Å². The largest absolute Gasteiger partial charge is 0.451 e. The van der Waals surface area contributed by atoms with E-state index in [1.54, 1.807) is 6.92 Å². The predicted octanol–water partition coefficient (Wildman–Crippen LogP) is 0.277. The molecule has 0 bridgehead atoms. The quantitative estimate of drug-likeness (QED) is 0.761. The van der Waals surface area contributed by atoms with E-state index in [0.717, 1.165) is 10.6 Å². The second-order valence-corrected chi connectivity index (χ2v) is 7.36. The molecule has 0 spiro atoms. The summed E-state index contributed by atoms with van der Waals surface area (Å²) >= 11 is 0. The van der Waals surface area contributed by atoms with Gasteiger partial charge in [0, 0.05) is 12.6 Å². The van der Waals surface area contributed by atoms with Crippen LogP contribution in [0.5, 0.6) is 0 Å². The molecule has 1 aliphatic heterocycles. The van der Waals surface area contributed by atoms with Crippen molar-refractivity contribution in [3.05, 3.63) is 11.8 Å². The van der Waals surface area contributed by atoms with Crippen molar-refractivity contribution >= 4 is 27.7 Å². The van der Waals surface area contributed by atoms with E-state index in [-0.39, 0.29) is 12.4 Å². The molecule has 2 rings (SSSR count). The number of rotatable bonds is 5. The maximum atomic E-state index is 12.1. The highest BCUT2D eigenvalue weighted by Gasteiger charge is 2.38. The van der Waals surface area contributed by atoms with Gasteiger partial charge in [-0.2, -0.15) is 4.31 Å². The minimum absolute atomic E-state index is 0.217. The molecule has 1 N–H and O–H groups in total. The zero-order valence-corrected chi connectivity index (χ0v) is 13.9. The minimum Gasteiger partial charge on any atom is -0.451 e. The number of esters is 1. The fourth-order valence-corrected chi connectivity index (χ4v) is 3.45. The number of ether oxygens (including phenoxy) is 1. The van der Waals surface area contributed by atoms with Crippen LogP contribution in [0.2, 0.25) is 0 Å². The number of sulfonamides is 1. The molecular weight excluding hydrogens is 326 g/mol. The van der Waals surface area contributed by atoms with Crippen LogP contribution >= 0.6 is 0 Å². The highest BCUT2D eigenvalue weighted by molar-refractivity contribution is 7.88. The van der Waals surface area contributed by atoms with E-state index in [1.807, 2.05) is 0 Å². The second-order valence-electron chi connectivity index (χ2n) is 5.42. The number of anilines is 1. The van der Waals surface area contributed by atoms with Crippen molar-refractivity contribution in [3.8, 4) is 0 Å². The van der Waals surface area contributed by atoms with Crippen molar-refractivity contribution < 1.29 is 27.3 Å². The van der Waals surface area contributed by atoms with Gasteiger partial charge in [-0.25, -0.2) is 8.42 Å². The third-order valence-corrected chi connectivity index (χ3v) is 4.73. The molecule has 0 saturated carbocycles. The Morgan fingerprint density at radius 2 is 2.22 bits per heavy atom. The van der Waals surface area contributed by atoms with Crippen LogP contribution in [0.4, 0.5) is 5.82 Å². The molecule has 1 aliphatic rings. The van der Waals surface area contributed by atoms with Crippen LogP contribution in [0.25, 0.3) is 0 Å². The number of amides is 1. The van der Waals surface area contributed by atoms with Crippen LogP contribution in [0.1, 0.15) is 25.5 Å². The number of hydrogen-bond donors (Lipinski definition) is 1. The van der Waals surface area contributed by atoms with Gasteiger partial charge < -0.3 is 14.6 Å². The molecule has 128 valence electrons. The summed E-state index contributed by atoms with van der Waals surface area (Å²) in [5, 5.41) is 6.05. The van der Waals surface area contributed by atoms with Gasteiger partial charge in [-0.3, -0.25) is 9.59 Å². The fourth-order valence-electron chi connectivity index (χ4n) is 2.33. The van der Waals surface area contributed by atoms with E-state index in [4.69, 9.17) is 9.26 Å². The molecule has 1 fully saturated rings. The van der Waals surface area contributed by atoms with Crippen molar-refractivity contribution in [2.75, 3.05) is 18.1 Å². The molecule has 1 saturated heterocycles. The second kappa shape index (κ2) is 6.67. The first-order chi connectivity index (χ1) is 10.7. The molecular formula is C13H19N3O6S. The Morgan fingerprint density at radius 1 is 1.52 bits per heavy atom. The lowest BCUT2D eigenvalue weighted by Gasteiger charge is -2.22. The van der Waals surface area contributed by atoms with Crippen molar-refractivity contribution in [3.63, 3.8) is 0 Å². The summed E-state index contributed by atoms with van der Waals surface area (Å²) in [6.07, 6.45) is 0.914. The maximum Gasteiger partial charge on any atom is 0.325 e. The number of nitrogens with zero attached hydrogens (tertiary/aromatic N) is 2. The lowest BCUT2D eigenvalue weighted by atomic mass is 10.2. The summed E-state index contributed by atoms with van der Waals surface area (Å²) in [7, 11) is -3.49. The van der Waals surface area contributed by atoms with E-state index in [2.05, 4.69) is 10.5 Å². The van der Waals surface area contributed by atoms with Crippen LogP contribution in [-0.2, 0) is 24.3 Å². The molecule has 23 heavy (non-hydrogen) atoms. The molecule has 10 heteroatoms. The van der Waals surface area contributed by atoms with Gasteiger partial charge in [-0.15, -0.1) is 0 Å². The Hall–Kier alpha value is -1.94. The SMILES string of the molecule is Cc1cc(NC(=O)[C@H](C)OC(=O)[C@@H]2CCCN2S(C)(=O)=O)no1. The van der Waals surface area contributed by atoms with Gasteiger partial charge in [0.2, 0.25) is 10.0 Å². The molecule has 0 unspecified atom stereocenters. The standard InChI is InChI=1S/C13H19N3O6S/c1-8-7-11(15-22-8)14-12(17)9(2)21-13(18)10-5-4-6-16(10)23(3,19)20/h7,9-10H,4-6H2,1-3H3,(H,14,15,17)/t9-,10-/m0/s1. The number of aryl methyl sites for hydroxylation is 1. The predicted molar refractivity (Wildman–Crippen MR) is 80.0 cm³/mol. The third kappa shape index (κ3) is 4.29. The van der Waals surface area contributed by atoms with Gasteiger partial charge in [0.05, 0.1) is 6.26 Å². The van der Waals surface area contributed by atoms with Crippen LogP contribution < -0.4 is 5.32 Å². The molecule has 2 atom stereocenters. The van der Waals surface area contributed by atoms with Crippen molar-refractivity contribution in [1.29, 1.82) is 0 Å². The Labute approximate surface area is 134 Å². The third-order valence-electron chi connectivity index (χ3n) is 3.44. The Kier molecular flexibility index (Phi) is 5.05. The summed E-state index contributed by atoms with van der Waals surface area (Å²) in [4.78, 5) is 24.1. The molecule has 1 aromatic rings. The van der Waals surface area contributed by atoms with Gasteiger partial charge >= 0.3 is 5.97 Å². The highest BCUT2D eigenvalue weighted by atomic mass is 32.2. The molecule has 2 heterocycles. The van der Waals surface area contributed by atoms with Crippen molar-refractivity contribution in [1.82, 2.24) is 9.46 Å².